The van der Waals surface area contributed by atoms with Crippen LogP contribution in [0.2, 0.25) is 0 Å². The van der Waals surface area contributed by atoms with Crippen molar-refractivity contribution in [3.63, 3.8) is 0 Å². The molecule has 7 heteroatoms. The van der Waals surface area contributed by atoms with Crippen LogP contribution in [0.25, 0.3) is 11.1 Å². The fraction of sp³-hybridized carbons (Fsp3) is 0.660. The highest BCUT2D eigenvalue weighted by molar-refractivity contribution is 5.86. The van der Waals surface area contributed by atoms with Gasteiger partial charge in [0.2, 0.25) is 0 Å². The van der Waals surface area contributed by atoms with Crippen LogP contribution in [-0.4, -0.2) is 42.4 Å². The van der Waals surface area contributed by atoms with Crippen molar-refractivity contribution in [1.29, 1.82) is 0 Å². The first-order chi connectivity index (χ1) is 27.1. The molecule has 7 nitrogen and oxygen atoms in total. The Kier molecular flexibility index (Phi) is 12.1. The molecule has 9 atom stereocenters. The van der Waals surface area contributed by atoms with Crippen molar-refractivity contribution in [3.05, 3.63) is 71.3 Å². The van der Waals surface area contributed by atoms with Crippen LogP contribution in [0.4, 0.5) is 4.79 Å². The van der Waals surface area contributed by atoms with E-state index in [0.717, 1.165) is 77.5 Å². The Hall–Kier alpha value is -3.61. The van der Waals surface area contributed by atoms with Gasteiger partial charge in [0, 0.05) is 12.3 Å². The van der Waals surface area contributed by atoms with Gasteiger partial charge in [0.05, 0.1) is 6.42 Å². The van der Waals surface area contributed by atoms with E-state index in [2.05, 4.69) is 70.3 Å². The molecule has 0 spiro atoms. The zero-order valence-corrected chi connectivity index (χ0v) is 36.0. The Morgan fingerprint density at radius 2 is 1.54 bits per heavy atom. The molecule has 1 amide bonds. The lowest BCUT2D eigenvalue weighted by Crippen LogP contribution is -2.51. The van der Waals surface area contributed by atoms with Crippen LogP contribution in [0.3, 0.4) is 0 Å². The molecule has 0 heterocycles. The number of hydrogen-bond acceptors (Lipinski definition) is 6. The van der Waals surface area contributed by atoms with Crippen LogP contribution in [0.15, 0.2) is 60.2 Å². The van der Waals surface area contributed by atoms with Crippen LogP contribution in [0.1, 0.15) is 149 Å². The third-order valence-electron chi connectivity index (χ3n) is 15.3. The summed E-state index contributed by atoms with van der Waals surface area (Å²) in [5.74, 6) is 3.32. The number of carbonyl (C=O) groups is 3. The minimum atomic E-state index is -1.24. The summed E-state index contributed by atoms with van der Waals surface area (Å²) in [4.78, 5) is 40.3. The Morgan fingerprint density at radius 3 is 2.21 bits per heavy atom. The molecule has 5 aliphatic carbocycles. The molecule has 3 saturated carbocycles. The topological polar surface area (TPSA) is 90.9 Å². The molecule has 0 aliphatic heterocycles. The summed E-state index contributed by atoms with van der Waals surface area (Å²) in [6, 6.07) is 15.0. The molecule has 2 aromatic rings. The first-order valence-electron chi connectivity index (χ1n) is 22.3. The van der Waals surface area contributed by atoms with E-state index < -0.39 is 29.7 Å². The summed E-state index contributed by atoms with van der Waals surface area (Å²) in [6.07, 6.45) is 14.3. The number of rotatable bonds is 12. The molecule has 57 heavy (non-hydrogen) atoms. The van der Waals surface area contributed by atoms with E-state index in [0.29, 0.717) is 11.3 Å². The van der Waals surface area contributed by atoms with Crippen molar-refractivity contribution in [2.45, 2.75) is 156 Å². The summed E-state index contributed by atoms with van der Waals surface area (Å²) < 4.78 is 17.5. The van der Waals surface area contributed by atoms with Crippen LogP contribution in [0, 0.1) is 46.3 Å². The molecule has 0 saturated heterocycles. The first kappa shape index (κ1) is 41.5. The maximum absolute atomic E-state index is 13.6. The summed E-state index contributed by atoms with van der Waals surface area (Å²) in [5, 5.41) is 2.66. The Labute approximate surface area is 342 Å². The number of hydrogen-bond donors (Lipinski definition) is 1. The normalized spacial score (nSPS) is 30.1. The van der Waals surface area contributed by atoms with Crippen molar-refractivity contribution in [3.8, 4) is 11.1 Å². The van der Waals surface area contributed by atoms with E-state index in [1.165, 1.54) is 50.5 Å². The number of esters is 2. The molecule has 1 N–H and O–H groups in total. The first-order valence-corrected chi connectivity index (χ1v) is 22.3. The highest BCUT2D eigenvalue weighted by atomic mass is 16.6. The molecule has 0 bridgehead atoms. The number of nitrogens with one attached hydrogen (secondary N) is 1. The van der Waals surface area contributed by atoms with E-state index in [1.54, 1.807) is 20.8 Å². The number of carbonyl (C=O) groups excluding carboxylic acids is 3. The third kappa shape index (κ3) is 8.60. The lowest BCUT2D eigenvalue weighted by Gasteiger charge is -2.58. The predicted molar refractivity (Wildman–Crippen MR) is 225 cm³/mol. The number of allylic oxidation sites excluding steroid dienone is 1. The van der Waals surface area contributed by atoms with Gasteiger partial charge in [-0.25, -0.2) is 9.59 Å². The quantitative estimate of drug-likeness (QED) is 0.131. The largest absolute Gasteiger partial charge is 0.462 e. The minimum Gasteiger partial charge on any atom is -0.462 e. The zero-order valence-electron chi connectivity index (χ0n) is 36.0. The summed E-state index contributed by atoms with van der Waals surface area (Å²) >= 11 is 0. The van der Waals surface area contributed by atoms with Crippen molar-refractivity contribution in [2.24, 2.45) is 46.3 Å². The van der Waals surface area contributed by atoms with Crippen LogP contribution >= 0.6 is 0 Å². The number of benzene rings is 2. The summed E-state index contributed by atoms with van der Waals surface area (Å²) in [5.41, 5.74) is 5.69. The van der Waals surface area contributed by atoms with Gasteiger partial charge >= 0.3 is 18.0 Å². The maximum Gasteiger partial charge on any atom is 0.407 e. The second-order valence-corrected chi connectivity index (χ2v) is 20.4. The smallest absolute Gasteiger partial charge is 0.407 e. The van der Waals surface area contributed by atoms with Gasteiger partial charge in [-0.1, -0.05) is 114 Å². The predicted octanol–water partition coefficient (Wildman–Crippen LogP) is 11.6. The molecule has 7 rings (SSSR count). The fourth-order valence-electron chi connectivity index (χ4n) is 12.5. The number of amides is 1. The SMILES string of the molecule is CC(C)CCC[C@@H](C)[C@H]1CC[C@H]2[C@@H]3CC=C4C[C@@H](OC(=O)C[C@H](NC(=O)OCC5c6ccccc6-c6ccccc65)C(=O)OC(C)(C)C)CC[C@]4(C)[C@H]3CC[C@]12C. The lowest BCUT2D eigenvalue weighted by atomic mass is 9.47. The molecular weight excluding hydrogens is 711 g/mol. The molecule has 2 aromatic carbocycles. The molecule has 3 fully saturated rings. The Bertz CT molecular complexity index is 1780. The molecule has 0 unspecified atom stereocenters. The summed E-state index contributed by atoms with van der Waals surface area (Å²) in [7, 11) is 0. The van der Waals surface area contributed by atoms with Gasteiger partial charge in [0.25, 0.3) is 0 Å². The van der Waals surface area contributed by atoms with E-state index in [9.17, 15) is 14.4 Å². The number of fused-ring (bicyclic) bond motifs is 8. The van der Waals surface area contributed by atoms with Crippen LogP contribution in [-0.2, 0) is 23.8 Å². The molecule has 5 aliphatic rings. The van der Waals surface area contributed by atoms with Gasteiger partial charge in [0.15, 0.2) is 0 Å². The zero-order chi connectivity index (χ0) is 40.7. The van der Waals surface area contributed by atoms with Crippen molar-refractivity contribution in [2.75, 3.05) is 6.61 Å². The summed E-state index contributed by atoms with van der Waals surface area (Å²) in [6.45, 7) is 17.8. The van der Waals surface area contributed by atoms with Gasteiger partial charge in [-0.15, -0.1) is 0 Å². The van der Waals surface area contributed by atoms with Gasteiger partial charge < -0.3 is 19.5 Å². The highest BCUT2D eigenvalue weighted by Gasteiger charge is 2.59. The van der Waals surface area contributed by atoms with Crippen LogP contribution < -0.4 is 5.32 Å². The monoisotopic (exact) mass is 780 g/mol. The van der Waals surface area contributed by atoms with Gasteiger partial charge in [0.1, 0.15) is 24.4 Å². The second kappa shape index (κ2) is 16.6. The molecule has 0 aromatic heterocycles. The molecule has 0 radical (unpaired) electrons. The van der Waals surface area contributed by atoms with E-state index in [4.69, 9.17) is 14.2 Å². The van der Waals surface area contributed by atoms with Gasteiger partial charge in [-0.05, 0) is 134 Å². The molecule has 310 valence electrons. The van der Waals surface area contributed by atoms with Crippen molar-refractivity contribution in [1.82, 2.24) is 5.32 Å². The van der Waals surface area contributed by atoms with Crippen molar-refractivity contribution >= 4 is 18.0 Å². The van der Waals surface area contributed by atoms with E-state index >= 15 is 0 Å². The van der Waals surface area contributed by atoms with Gasteiger partial charge in [-0.3, -0.25) is 4.79 Å². The average Bonchev–Trinajstić information content (AvgIpc) is 3.67. The van der Waals surface area contributed by atoms with E-state index in [-0.39, 0.29) is 30.5 Å². The van der Waals surface area contributed by atoms with Crippen LogP contribution in [0.5, 0.6) is 0 Å². The van der Waals surface area contributed by atoms with Gasteiger partial charge in [-0.2, -0.15) is 0 Å². The lowest BCUT2D eigenvalue weighted by molar-refractivity contribution is -0.163. The number of alkyl carbamates (subject to hydrolysis) is 1. The Morgan fingerprint density at radius 1 is 0.860 bits per heavy atom. The van der Waals surface area contributed by atoms with E-state index in [1.807, 2.05) is 24.3 Å². The minimum absolute atomic E-state index is 0.0985. The number of ether oxygens (including phenoxy) is 3. The fourth-order valence-corrected chi connectivity index (χ4v) is 12.5. The maximum atomic E-state index is 13.6. The Balaban J connectivity index is 0.960. The average molecular weight is 780 g/mol. The molecular formula is C50H69NO6. The standard InChI is InChI=1S/C50H69NO6/c1-31(2)14-13-15-32(3)41-22-23-42-39-21-20-33-28-34(24-26-49(33,7)43(39)25-27-50(41,42)8)56-45(52)29-44(46(53)57-48(4,5)6)51-47(54)55-30-40-37-18-11-9-16-35(37)36-17-10-12-19-38(36)40/h9-12,16-20,31-32,34,39-44H,13-15,21-30H2,1-8H3,(H,51,54)/t32-,34+,39+,41-,42+,43+,44+,49+,50-/m1/s1. The van der Waals surface area contributed by atoms with Crippen molar-refractivity contribution < 1.29 is 28.6 Å². The second-order valence-electron chi connectivity index (χ2n) is 20.4. The third-order valence-corrected chi connectivity index (χ3v) is 15.3. The highest BCUT2D eigenvalue weighted by Crippen LogP contribution is 2.67.